The molecule has 0 bridgehead atoms. The zero-order chi connectivity index (χ0) is 33.7. The highest BCUT2D eigenvalue weighted by Gasteiger charge is 2.37. The van der Waals surface area contributed by atoms with E-state index in [-0.39, 0.29) is 5.41 Å². The van der Waals surface area contributed by atoms with Crippen molar-refractivity contribution in [2.45, 2.75) is 19.3 Å². The van der Waals surface area contributed by atoms with Gasteiger partial charge in [0.05, 0.1) is 0 Å². The lowest BCUT2D eigenvalue weighted by molar-refractivity contribution is 0.666. The summed E-state index contributed by atoms with van der Waals surface area (Å²) in [6.07, 6.45) is 0. The molecule has 1 aliphatic rings. The van der Waals surface area contributed by atoms with E-state index in [1.54, 1.807) is 0 Å². The van der Waals surface area contributed by atoms with Crippen LogP contribution in [-0.4, -0.2) is 0 Å². The maximum absolute atomic E-state index is 2.44. The fourth-order valence-corrected chi connectivity index (χ4v) is 8.01. The molecular weight excluding hydrogens is 603 g/mol. The molecule has 1 heteroatoms. The molecule has 0 radical (unpaired) electrons. The Bertz CT molecular complexity index is 2380. The van der Waals surface area contributed by atoms with Crippen LogP contribution < -0.4 is 4.90 Å². The molecule has 0 saturated heterocycles. The minimum absolute atomic E-state index is 0.110. The lowest BCUT2D eigenvalue weighted by Gasteiger charge is -2.28. The highest BCUT2D eigenvalue weighted by atomic mass is 15.1. The average Bonchev–Trinajstić information content (AvgIpc) is 3.42. The number of anilines is 3. The number of nitrogens with zero attached hydrogens (tertiary/aromatic N) is 1. The summed E-state index contributed by atoms with van der Waals surface area (Å²) in [6.45, 7) is 4.75. The molecule has 0 fully saturated rings. The summed E-state index contributed by atoms with van der Waals surface area (Å²) in [6, 6.07) is 68.5. The second-order valence-electron chi connectivity index (χ2n) is 13.8. The smallest absolute Gasteiger partial charge is 0.0468 e. The van der Waals surface area contributed by atoms with Crippen molar-refractivity contribution in [3.8, 4) is 44.5 Å². The first-order chi connectivity index (χ1) is 24.6. The summed E-state index contributed by atoms with van der Waals surface area (Å²) in [7, 11) is 0. The van der Waals surface area contributed by atoms with Crippen LogP contribution >= 0.6 is 0 Å². The van der Waals surface area contributed by atoms with Gasteiger partial charge in [0.2, 0.25) is 0 Å². The van der Waals surface area contributed by atoms with Gasteiger partial charge in [-0.15, -0.1) is 0 Å². The summed E-state index contributed by atoms with van der Waals surface area (Å²) in [5.41, 5.74) is 16.1. The van der Waals surface area contributed by atoms with Crippen LogP contribution in [0.3, 0.4) is 0 Å². The van der Waals surface area contributed by atoms with Crippen LogP contribution in [0.25, 0.3) is 55.3 Å². The van der Waals surface area contributed by atoms with E-state index >= 15 is 0 Å². The van der Waals surface area contributed by atoms with Crippen LogP contribution in [0, 0.1) is 0 Å². The molecule has 0 aromatic heterocycles. The van der Waals surface area contributed by atoms with Crippen molar-refractivity contribution >= 4 is 27.8 Å². The van der Waals surface area contributed by atoms with Crippen molar-refractivity contribution in [2.75, 3.05) is 4.90 Å². The first kappa shape index (κ1) is 29.9. The molecular formula is C49H37N. The Balaban J connectivity index is 1.25. The van der Waals surface area contributed by atoms with Crippen LogP contribution in [-0.2, 0) is 5.41 Å². The molecule has 9 rings (SSSR count). The topological polar surface area (TPSA) is 3.24 Å². The first-order valence-electron chi connectivity index (χ1n) is 17.4. The van der Waals surface area contributed by atoms with Gasteiger partial charge in [-0.25, -0.2) is 0 Å². The van der Waals surface area contributed by atoms with Gasteiger partial charge in [0.25, 0.3) is 0 Å². The second-order valence-corrected chi connectivity index (χ2v) is 13.8. The molecule has 1 aliphatic carbocycles. The van der Waals surface area contributed by atoms with Crippen molar-refractivity contribution in [1.82, 2.24) is 0 Å². The molecule has 0 aliphatic heterocycles. The van der Waals surface area contributed by atoms with Gasteiger partial charge in [-0.3, -0.25) is 0 Å². The van der Waals surface area contributed by atoms with E-state index in [9.17, 15) is 0 Å². The number of fused-ring (bicyclic) bond motifs is 5. The largest absolute Gasteiger partial charge is 0.310 e. The fourth-order valence-electron chi connectivity index (χ4n) is 8.01. The maximum atomic E-state index is 2.44. The van der Waals surface area contributed by atoms with E-state index < -0.39 is 0 Å². The van der Waals surface area contributed by atoms with E-state index in [1.807, 2.05) is 0 Å². The monoisotopic (exact) mass is 639 g/mol. The molecule has 0 heterocycles. The van der Waals surface area contributed by atoms with Gasteiger partial charge >= 0.3 is 0 Å². The van der Waals surface area contributed by atoms with Crippen LogP contribution in [0.15, 0.2) is 188 Å². The molecule has 0 saturated carbocycles. The van der Waals surface area contributed by atoms with Gasteiger partial charge < -0.3 is 4.90 Å². The quantitative estimate of drug-likeness (QED) is 0.175. The van der Waals surface area contributed by atoms with Gasteiger partial charge in [-0.1, -0.05) is 159 Å². The van der Waals surface area contributed by atoms with E-state index in [0.717, 1.165) is 17.1 Å². The van der Waals surface area contributed by atoms with E-state index in [4.69, 9.17) is 0 Å². The highest BCUT2D eigenvalue weighted by Crippen LogP contribution is 2.54. The molecule has 0 amide bonds. The Hall–Kier alpha value is -6.18. The van der Waals surface area contributed by atoms with E-state index in [1.165, 1.54) is 66.4 Å². The van der Waals surface area contributed by atoms with Gasteiger partial charge in [0.15, 0.2) is 0 Å². The van der Waals surface area contributed by atoms with Gasteiger partial charge in [-0.05, 0) is 109 Å². The highest BCUT2D eigenvalue weighted by molar-refractivity contribution is 6.07. The Labute approximate surface area is 294 Å². The van der Waals surface area contributed by atoms with Gasteiger partial charge in [0.1, 0.15) is 0 Å². The standard InChI is InChI=1S/C49H37N/c1-49(2)47-21-13-12-20-42(47)46-33-44(38-18-10-5-11-19-38)45-32-41(30-31-43(45)48(46)49)50(39-26-22-36(23-27-39)34-14-6-3-7-15-34)40-28-24-37(25-29-40)35-16-8-4-9-17-35/h3-33H,1-2H3. The summed E-state index contributed by atoms with van der Waals surface area (Å²) in [5.74, 6) is 0. The molecule has 1 nitrogen and oxygen atoms in total. The van der Waals surface area contributed by atoms with Gasteiger partial charge in [-0.2, -0.15) is 0 Å². The van der Waals surface area contributed by atoms with E-state index in [2.05, 4.69) is 207 Å². The third kappa shape index (κ3) is 5.02. The molecule has 8 aromatic rings. The summed E-state index contributed by atoms with van der Waals surface area (Å²) in [4.78, 5) is 2.39. The SMILES string of the molecule is CC1(C)c2ccccc2-c2cc(-c3ccccc3)c3cc(N(c4ccc(-c5ccccc5)cc4)c4ccc(-c5ccccc5)cc4)ccc3c21. The average molecular weight is 640 g/mol. The van der Waals surface area contributed by atoms with Crippen LogP contribution in [0.1, 0.15) is 25.0 Å². The molecule has 0 N–H and O–H groups in total. The molecule has 238 valence electrons. The molecule has 0 spiro atoms. The Morgan fingerprint density at radius 3 is 1.36 bits per heavy atom. The normalized spacial score (nSPS) is 12.8. The predicted octanol–water partition coefficient (Wildman–Crippen LogP) is 13.6. The minimum atomic E-state index is -0.110. The third-order valence-corrected chi connectivity index (χ3v) is 10.4. The zero-order valence-corrected chi connectivity index (χ0v) is 28.3. The third-order valence-electron chi connectivity index (χ3n) is 10.4. The van der Waals surface area contributed by atoms with Crippen LogP contribution in [0.4, 0.5) is 17.1 Å². The summed E-state index contributed by atoms with van der Waals surface area (Å²) in [5, 5.41) is 2.57. The number of hydrogen-bond acceptors (Lipinski definition) is 1. The minimum Gasteiger partial charge on any atom is -0.310 e. The van der Waals surface area contributed by atoms with Crippen molar-refractivity contribution < 1.29 is 0 Å². The Kier molecular flexibility index (Phi) is 7.21. The first-order valence-corrected chi connectivity index (χ1v) is 17.4. The lowest BCUT2D eigenvalue weighted by atomic mass is 9.79. The lowest BCUT2D eigenvalue weighted by Crippen LogP contribution is -2.16. The Morgan fingerprint density at radius 1 is 0.340 bits per heavy atom. The fraction of sp³-hybridized carbons (Fsp3) is 0.0612. The summed E-state index contributed by atoms with van der Waals surface area (Å²) < 4.78 is 0. The van der Waals surface area contributed by atoms with Crippen molar-refractivity contribution in [3.05, 3.63) is 199 Å². The Morgan fingerprint density at radius 2 is 0.800 bits per heavy atom. The zero-order valence-electron chi connectivity index (χ0n) is 28.3. The van der Waals surface area contributed by atoms with Gasteiger partial charge in [0, 0.05) is 22.5 Å². The van der Waals surface area contributed by atoms with Crippen molar-refractivity contribution in [2.24, 2.45) is 0 Å². The number of hydrogen-bond donors (Lipinski definition) is 0. The number of benzene rings is 8. The van der Waals surface area contributed by atoms with Crippen molar-refractivity contribution in [1.29, 1.82) is 0 Å². The molecule has 0 unspecified atom stereocenters. The predicted molar refractivity (Wildman–Crippen MR) is 213 cm³/mol. The molecule has 8 aromatic carbocycles. The van der Waals surface area contributed by atoms with Crippen molar-refractivity contribution in [3.63, 3.8) is 0 Å². The summed E-state index contributed by atoms with van der Waals surface area (Å²) >= 11 is 0. The second kappa shape index (κ2) is 12.1. The van der Waals surface area contributed by atoms with Crippen LogP contribution in [0.2, 0.25) is 0 Å². The molecule has 50 heavy (non-hydrogen) atoms. The maximum Gasteiger partial charge on any atom is 0.0468 e. The van der Waals surface area contributed by atoms with Crippen LogP contribution in [0.5, 0.6) is 0 Å². The number of rotatable bonds is 6. The molecule has 0 atom stereocenters. The van der Waals surface area contributed by atoms with E-state index in [0.29, 0.717) is 0 Å².